The molecule has 0 bridgehead atoms. The van der Waals surface area contributed by atoms with Gasteiger partial charge in [-0.05, 0) is 25.8 Å². The van der Waals surface area contributed by atoms with Gasteiger partial charge in [0.05, 0.1) is 24.4 Å². The Kier molecular flexibility index (Phi) is 5.61. The lowest BCUT2D eigenvalue weighted by molar-refractivity contribution is -0.139. The Morgan fingerprint density at radius 1 is 1.27 bits per heavy atom. The van der Waals surface area contributed by atoms with Crippen molar-refractivity contribution in [3.63, 3.8) is 0 Å². The van der Waals surface area contributed by atoms with Crippen LogP contribution in [0, 0.1) is 0 Å². The second kappa shape index (κ2) is 7.90. The largest absolute Gasteiger partial charge is 0.472 e. The van der Waals surface area contributed by atoms with E-state index in [1.807, 2.05) is 6.92 Å². The van der Waals surface area contributed by atoms with E-state index >= 15 is 0 Å². The van der Waals surface area contributed by atoms with Crippen molar-refractivity contribution in [2.45, 2.75) is 31.8 Å². The van der Waals surface area contributed by atoms with E-state index < -0.39 is 0 Å². The first kappa shape index (κ1) is 18.4. The van der Waals surface area contributed by atoms with Crippen molar-refractivity contribution in [3.8, 4) is 0 Å². The van der Waals surface area contributed by atoms with Crippen LogP contribution in [-0.4, -0.2) is 84.3 Å². The Morgan fingerprint density at radius 2 is 1.96 bits per heavy atom. The number of furan rings is 1. The average Bonchev–Trinajstić information content (AvgIpc) is 3.28. The molecule has 0 aromatic carbocycles. The first-order chi connectivity index (χ1) is 12.5. The predicted molar refractivity (Wildman–Crippen MR) is 94.4 cm³/mol. The molecule has 2 fully saturated rings. The lowest BCUT2D eigenvalue weighted by atomic mass is 10.2. The second-order valence-electron chi connectivity index (χ2n) is 7.05. The number of likely N-dealkylation sites (N-methyl/N-ethyl adjacent to an activating group) is 1. The molecule has 2 aliphatic rings. The maximum atomic E-state index is 12.6. The van der Waals surface area contributed by atoms with Gasteiger partial charge in [-0.25, -0.2) is 0 Å². The van der Waals surface area contributed by atoms with Gasteiger partial charge in [-0.2, -0.15) is 0 Å². The molecule has 3 amide bonds. The molecule has 1 aromatic heterocycles. The van der Waals surface area contributed by atoms with Crippen molar-refractivity contribution in [1.29, 1.82) is 0 Å². The molecule has 26 heavy (non-hydrogen) atoms. The van der Waals surface area contributed by atoms with E-state index in [9.17, 15) is 14.4 Å². The Balaban J connectivity index is 1.46. The normalized spacial score (nSPS) is 19.1. The monoisotopic (exact) mass is 362 g/mol. The maximum Gasteiger partial charge on any atom is 0.257 e. The Hall–Kier alpha value is -2.35. The summed E-state index contributed by atoms with van der Waals surface area (Å²) in [4.78, 5) is 42.1. The molecule has 1 aliphatic carbocycles. The summed E-state index contributed by atoms with van der Waals surface area (Å²) in [6, 6.07) is 1.63. The molecule has 8 nitrogen and oxygen atoms in total. The molecule has 2 heterocycles. The lowest BCUT2D eigenvalue weighted by Crippen LogP contribution is -2.55. The van der Waals surface area contributed by atoms with Crippen molar-refractivity contribution >= 4 is 17.7 Å². The number of nitrogens with one attached hydrogen (secondary N) is 1. The molecule has 3 rings (SSSR count). The molecule has 142 valence electrons. The first-order valence-electron chi connectivity index (χ1n) is 9.05. The van der Waals surface area contributed by atoms with Gasteiger partial charge in [0.2, 0.25) is 11.8 Å². The van der Waals surface area contributed by atoms with Crippen LogP contribution in [0.1, 0.15) is 30.1 Å². The van der Waals surface area contributed by atoms with Gasteiger partial charge in [0.15, 0.2) is 0 Å². The van der Waals surface area contributed by atoms with E-state index in [1.165, 1.54) is 17.4 Å². The standard InChI is InChI=1S/C18H26N4O4/c1-13(17(24)20(2)11-16(23)19-15-3-4-15)21-6-8-22(9-7-21)18(25)14-5-10-26-12-14/h5,10,12-13,15H,3-4,6-9,11H2,1-2H3,(H,19,23). The molecule has 1 aliphatic heterocycles. The van der Waals surface area contributed by atoms with Crippen molar-refractivity contribution in [1.82, 2.24) is 20.0 Å². The van der Waals surface area contributed by atoms with E-state index in [0.29, 0.717) is 37.8 Å². The van der Waals surface area contributed by atoms with Crippen LogP contribution in [0.4, 0.5) is 0 Å². The first-order valence-corrected chi connectivity index (χ1v) is 9.05. The number of nitrogens with zero attached hydrogens (tertiary/aromatic N) is 3. The maximum absolute atomic E-state index is 12.6. The minimum Gasteiger partial charge on any atom is -0.472 e. The van der Waals surface area contributed by atoms with E-state index in [-0.39, 0.29) is 30.3 Å². The summed E-state index contributed by atoms with van der Waals surface area (Å²) in [5, 5.41) is 2.89. The molecule has 1 unspecified atom stereocenters. The van der Waals surface area contributed by atoms with Gasteiger partial charge in [0.25, 0.3) is 5.91 Å². The van der Waals surface area contributed by atoms with Gasteiger partial charge in [-0.1, -0.05) is 0 Å². The number of hydrogen-bond acceptors (Lipinski definition) is 5. The molecular formula is C18H26N4O4. The van der Waals surface area contributed by atoms with Crippen molar-refractivity contribution in [3.05, 3.63) is 24.2 Å². The highest BCUT2D eigenvalue weighted by Crippen LogP contribution is 2.18. The summed E-state index contributed by atoms with van der Waals surface area (Å²) < 4.78 is 4.96. The van der Waals surface area contributed by atoms with Gasteiger partial charge in [0, 0.05) is 39.3 Å². The minimum absolute atomic E-state index is 0.0498. The van der Waals surface area contributed by atoms with Crippen LogP contribution in [0.2, 0.25) is 0 Å². The quantitative estimate of drug-likeness (QED) is 0.779. The molecule has 1 aromatic rings. The number of piperazine rings is 1. The highest BCUT2D eigenvalue weighted by atomic mass is 16.3. The zero-order valence-corrected chi connectivity index (χ0v) is 15.3. The number of carbonyl (C=O) groups is 3. The van der Waals surface area contributed by atoms with Crippen LogP contribution in [0.5, 0.6) is 0 Å². The van der Waals surface area contributed by atoms with Gasteiger partial charge in [-0.15, -0.1) is 0 Å². The zero-order chi connectivity index (χ0) is 18.7. The summed E-state index contributed by atoms with van der Waals surface area (Å²) in [7, 11) is 1.66. The third-order valence-corrected chi connectivity index (χ3v) is 4.97. The fourth-order valence-electron chi connectivity index (χ4n) is 3.15. The average molecular weight is 362 g/mol. The van der Waals surface area contributed by atoms with Gasteiger partial charge < -0.3 is 19.5 Å². The molecule has 8 heteroatoms. The molecule has 0 spiro atoms. The zero-order valence-electron chi connectivity index (χ0n) is 15.3. The highest BCUT2D eigenvalue weighted by molar-refractivity contribution is 5.94. The van der Waals surface area contributed by atoms with E-state index in [1.54, 1.807) is 18.0 Å². The lowest BCUT2D eigenvalue weighted by Gasteiger charge is -2.38. The van der Waals surface area contributed by atoms with E-state index in [0.717, 1.165) is 12.8 Å². The van der Waals surface area contributed by atoms with Crippen LogP contribution in [0.25, 0.3) is 0 Å². The fourth-order valence-corrected chi connectivity index (χ4v) is 3.15. The third-order valence-electron chi connectivity index (χ3n) is 4.97. The van der Waals surface area contributed by atoms with Crippen LogP contribution in [-0.2, 0) is 9.59 Å². The smallest absolute Gasteiger partial charge is 0.257 e. The van der Waals surface area contributed by atoms with Crippen molar-refractivity contribution in [2.24, 2.45) is 0 Å². The number of carbonyl (C=O) groups excluding carboxylic acids is 3. The van der Waals surface area contributed by atoms with E-state index in [4.69, 9.17) is 4.42 Å². The Labute approximate surface area is 153 Å². The third kappa shape index (κ3) is 4.43. The van der Waals surface area contributed by atoms with Crippen LogP contribution >= 0.6 is 0 Å². The van der Waals surface area contributed by atoms with Crippen molar-refractivity contribution < 1.29 is 18.8 Å². The number of hydrogen-bond donors (Lipinski definition) is 1. The summed E-state index contributed by atoms with van der Waals surface area (Å²) in [6.07, 6.45) is 4.99. The summed E-state index contributed by atoms with van der Waals surface area (Å²) >= 11 is 0. The fraction of sp³-hybridized carbons (Fsp3) is 0.611. The molecule has 1 atom stereocenters. The predicted octanol–water partition coefficient (Wildman–Crippen LogP) is 0.163. The summed E-state index contributed by atoms with van der Waals surface area (Å²) in [6.45, 7) is 4.31. The Morgan fingerprint density at radius 3 is 2.54 bits per heavy atom. The Bertz CT molecular complexity index is 648. The van der Waals surface area contributed by atoms with Gasteiger partial charge in [0.1, 0.15) is 6.26 Å². The van der Waals surface area contributed by atoms with Gasteiger partial charge >= 0.3 is 0 Å². The molecule has 1 N–H and O–H groups in total. The van der Waals surface area contributed by atoms with Crippen LogP contribution in [0.3, 0.4) is 0 Å². The van der Waals surface area contributed by atoms with Crippen molar-refractivity contribution in [2.75, 3.05) is 39.8 Å². The molecule has 1 saturated carbocycles. The highest BCUT2D eigenvalue weighted by Gasteiger charge is 2.30. The van der Waals surface area contributed by atoms with Crippen LogP contribution in [0.15, 0.2) is 23.0 Å². The van der Waals surface area contributed by atoms with Crippen LogP contribution < -0.4 is 5.32 Å². The van der Waals surface area contributed by atoms with Gasteiger partial charge in [-0.3, -0.25) is 19.3 Å². The van der Waals surface area contributed by atoms with E-state index in [2.05, 4.69) is 10.2 Å². The topological polar surface area (TPSA) is 86.1 Å². The second-order valence-corrected chi connectivity index (χ2v) is 7.05. The summed E-state index contributed by atoms with van der Waals surface area (Å²) in [5.41, 5.74) is 0.545. The minimum atomic E-state index is -0.320. The SMILES string of the molecule is CC(C(=O)N(C)CC(=O)NC1CC1)N1CCN(C(=O)c2ccoc2)CC1. The summed E-state index contributed by atoms with van der Waals surface area (Å²) in [5.74, 6) is -0.233. The molecule has 0 radical (unpaired) electrons. The molecule has 1 saturated heterocycles. The number of amides is 3. The molecular weight excluding hydrogens is 336 g/mol. The number of rotatable bonds is 6.